The number of carbonyl (C=O) groups is 2. The molecule has 0 spiro atoms. The van der Waals surface area contributed by atoms with Crippen molar-refractivity contribution in [2.24, 2.45) is 0 Å². The van der Waals surface area contributed by atoms with Crippen LogP contribution in [0.1, 0.15) is 38.4 Å². The Kier molecular flexibility index (Phi) is 7.27. The molecule has 2 heterocycles. The average molecular weight is 560 g/mol. The zero-order valence-electron chi connectivity index (χ0n) is 19.6. The standard InChI is InChI=1S/C24H23BrN4O5S/c1-5-18(30)28-16-10-8-7-9-14(16)20-22(32)26-24(35-4)27-29(20)23(28)15-11-13(25)12-17(33-3)21(15)34-19(31)6-2/h7-12,23H,5-6H2,1-4H3/p+1. The van der Waals surface area contributed by atoms with Crippen LogP contribution in [0.3, 0.4) is 0 Å². The lowest BCUT2D eigenvalue weighted by Gasteiger charge is -2.32. The van der Waals surface area contributed by atoms with E-state index in [0.717, 1.165) is 0 Å². The molecule has 1 N–H and O–H groups in total. The molecule has 0 aliphatic carbocycles. The second-order valence-corrected chi connectivity index (χ2v) is 9.33. The van der Waals surface area contributed by atoms with Gasteiger partial charge in [0.1, 0.15) is 0 Å². The summed E-state index contributed by atoms with van der Waals surface area (Å²) in [6.45, 7) is 3.45. The number of halogens is 1. The van der Waals surface area contributed by atoms with Crippen molar-refractivity contribution in [1.82, 2.24) is 10.1 Å². The smallest absolute Gasteiger partial charge is 0.325 e. The van der Waals surface area contributed by atoms with Crippen molar-refractivity contribution >= 4 is 45.3 Å². The number of esters is 1. The third kappa shape index (κ3) is 4.45. The number of nitrogens with one attached hydrogen (secondary N) is 1. The maximum absolute atomic E-state index is 13.4. The summed E-state index contributed by atoms with van der Waals surface area (Å²) in [4.78, 5) is 43.5. The van der Waals surface area contributed by atoms with Crippen LogP contribution >= 0.6 is 27.7 Å². The molecule has 0 bridgehead atoms. The van der Waals surface area contributed by atoms with Crippen molar-refractivity contribution in [3.63, 3.8) is 0 Å². The summed E-state index contributed by atoms with van der Waals surface area (Å²) in [5.41, 5.74) is 1.50. The molecular weight excluding hydrogens is 536 g/mol. The van der Waals surface area contributed by atoms with Gasteiger partial charge in [0.05, 0.1) is 23.9 Å². The number of benzene rings is 2. The highest BCUT2D eigenvalue weighted by Gasteiger charge is 2.47. The molecule has 2 aromatic carbocycles. The van der Waals surface area contributed by atoms with Gasteiger partial charge in [0.15, 0.2) is 11.5 Å². The molecule has 0 saturated heterocycles. The second kappa shape index (κ2) is 10.2. The first kappa shape index (κ1) is 24.9. The van der Waals surface area contributed by atoms with Crippen molar-refractivity contribution in [1.29, 1.82) is 0 Å². The van der Waals surface area contributed by atoms with Crippen LogP contribution in [0.2, 0.25) is 0 Å². The Balaban J connectivity index is 2.13. The minimum Gasteiger partial charge on any atom is -0.493 e. The molecule has 0 radical (unpaired) electrons. The quantitative estimate of drug-likeness (QED) is 0.212. The highest BCUT2D eigenvalue weighted by molar-refractivity contribution is 9.10. The number of hydrogen-bond donors (Lipinski definition) is 1. The molecule has 0 fully saturated rings. The number of carbonyl (C=O) groups excluding carboxylic acids is 2. The van der Waals surface area contributed by atoms with E-state index >= 15 is 0 Å². The zero-order chi connectivity index (χ0) is 25.3. The average Bonchev–Trinajstić information content (AvgIpc) is 2.87. The van der Waals surface area contributed by atoms with Crippen molar-refractivity contribution in [3.05, 3.63) is 56.8 Å². The van der Waals surface area contributed by atoms with Gasteiger partial charge in [-0.3, -0.25) is 19.4 Å². The Labute approximate surface area is 214 Å². The second-order valence-electron chi connectivity index (χ2n) is 7.62. The molecule has 9 nitrogen and oxygen atoms in total. The van der Waals surface area contributed by atoms with Crippen LogP contribution in [0.15, 0.2) is 50.8 Å². The van der Waals surface area contributed by atoms with Crippen molar-refractivity contribution in [2.75, 3.05) is 18.3 Å². The van der Waals surface area contributed by atoms with Crippen LogP contribution in [0.4, 0.5) is 5.69 Å². The molecule has 0 saturated carbocycles. The fourth-order valence-electron chi connectivity index (χ4n) is 4.01. The third-order valence-corrected chi connectivity index (χ3v) is 6.60. The van der Waals surface area contributed by atoms with E-state index in [-0.39, 0.29) is 35.8 Å². The maximum Gasteiger partial charge on any atom is 0.325 e. The number of amides is 1. The molecule has 1 aliphatic heterocycles. The highest BCUT2D eigenvalue weighted by atomic mass is 79.9. The van der Waals surface area contributed by atoms with Gasteiger partial charge in [-0.15, -0.1) is 0 Å². The molecule has 4 rings (SSSR count). The Hall–Kier alpha value is -3.18. The number of para-hydroxylation sites is 1. The van der Waals surface area contributed by atoms with Gasteiger partial charge in [-0.2, -0.15) is 0 Å². The summed E-state index contributed by atoms with van der Waals surface area (Å²) < 4.78 is 13.4. The summed E-state index contributed by atoms with van der Waals surface area (Å²) in [6.07, 6.45) is 1.21. The van der Waals surface area contributed by atoms with Crippen LogP contribution < -0.4 is 24.6 Å². The largest absolute Gasteiger partial charge is 0.493 e. The molecule has 3 aromatic rings. The lowest BCUT2D eigenvalue weighted by Crippen LogP contribution is -2.61. The van der Waals surface area contributed by atoms with Crippen molar-refractivity contribution in [2.45, 2.75) is 38.0 Å². The van der Waals surface area contributed by atoms with E-state index in [1.54, 1.807) is 61.4 Å². The van der Waals surface area contributed by atoms with Gasteiger partial charge in [0, 0.05) is 22.4 Å². The summed E-state index contributed by atoms with van der Waals surface area (Å²) in [7, 11) is 1.47. The number of anilines is 1. The van der Waals surface area contributed by atoms with E-state index in [2.05, 4.69) is 26.0 Å². The number of rotatable bonds is 6. The van der Waals surface area contributed by atoms with E-state index in [1.807, 2.05) is 0 Å². The van der Waals surface area contributed by atoms with Gasteiger partial charge >= 0.3 is 17.2 Å². The first-order valence-electron chi connectivity index (χ1n) is 10.9. The third-order valence-electron chi connectivity index (χ3n) is 5.57. The number of H-pyrrole nitrogens is 1. The molecular formula is C24H24BrN4O5S+. The predicted octanol–water partition coefficient (Wildman–Crippen LogP) is 3.84. The van der Waals surface area contributed by atoms with E-state index in [0.29, 0.717) is 32.2 Å². The van der Waals surface area contributed by atoms with Gasteiger partial charge in [0.2, 0.25) is 11.1 Å². The lowest BCUT2D eigenvalue weighted by atomic mass is 10.00. The molecule has 1 unspecified atom stereocenters. The Morgan fingerprint density at radius 2 is 1.97 bits per heavy atom. The zero-order valence-corrected chi connectivity index (χ0v) is 22.0. The fourth-order valence-corrected chi connectivity index (χ4v) is 4.83. The number of ether oxygens (including phenoxy) is 2. The van der Waals surface area contributed by atoms with E-state index in [9.17, 15) is 14.4 Å². The SMILES string of the molecule is CCC(=O)Oc1c(OC)cc(Br)cc1C1N(C(=O)CC)c2ccccc2-c2c(=O)[nH]c(SC)n[n+]21. The van der Waals surface area contributed by atoms with E-state index < -0.39 is 12.1 Å². The highest BCUT2D eigenvalue weighted by Crippen LogP contribution is 2.44. The maximum atomic E-state index is 13.4. The number of fused-ring (bicyclic) bond motifs is 3. The van der Waals surface area contributed by atoms with Crippen LogP contribution in [-0.4, -0.2) is 35.3 Å². The summed E-state index contributed by atoms with van der Waals surface area (Å²) in [6, 6.07) is 10.6. The number of aromatic nitrogens is 3. The van der Waals surface area contributed by atoms with Crippen LogP contribution in [0.5, 0.6) is 11.5 Å². The number of methoxy groups -OCH3 is 1. The monoisotopic (exact) mass is 559 g/mol. The van der Waals surface area contributed by atoms with Gasteiger partial charge < -0.3 is 9.47 Å². The molecule has 1 atom stereocenters. The minimum atomic E-state index is -0.924. The van der Waals surface area contributed by atoms with Gasteiger partial charge in [-0.05, 0) is 35.2 Å². The van der Waals surface area contributed by atoms with Gasteiger partial charge in [0.25, 0.3) is 6.17 Å². The number of hydrogen-bond acceptors (Lipinski definition) is 7. The predicted molar refractivity (Wildman–Crippen MR) is 135 cm³/mol. The first-order valence-corrected chi connectivity index (χ1v) is 13.0. The fraction of sp³-hybridized carbons (Fsp3) is 0.292. The minimum absolute atomic E-state index is 0.141. The van der Waals surface area contributed by atoms with Crippen molar-refractivity contribution in [3.8, 4) is 22.8 Å². The number of nitrogens with zero attached hydrogens (tertiary/aromatic N) is 3. The molecule has 1 aromatic heterocycles. The summed E-state index contributed by atoms with van der Waals surface area (Å²) >= 11 is 4.77. The summed E-state index contributed by atoms with van der Waals surface area (Å²) in [5, 5.41) is 5.05. The first-order chi connectivity index (χ1) is 16.8. The lowest BCUT2D eigenvalue weighted by molar-refractivity contribution is -0.763. The molecule has 1 amide bonds. The topological polar surface area (TPSA) is 105 Å². The molecule has 35 heavy (non-hydrogen) atoms. The summed E-state index contributed by atoms with van der Waals surface area (Å²) in [5.74, 6) is -0.200. The Morgan fingerprint density at radius 3 is 2.63 bits per heavy atom. The number of thioether (sulfide) groups is 1. The van der Waals surface area contributed by atoms with Crippen LogP contribution in [0, 0.1) is 0 Å². The van der Waals surface area contributed by atoms with Crippen LogP contribution in [-0.2, 0) is 9.59 Å². The van der Waals surface area contributed by atoms with Crippen LogP contribution in [0.25, 0.3) is 11.3 Å². The van der Waals surface area contributed by atoms with Gasteiger partial charge in [-0.25, -0.2) is 4.90 Å². The Morgan fingerprint density at radius 1 is 1.23 bits per heavy atom. The molecule has 11 heteroatoms. The van der Waals surface area contributed by atoms with E-state index in [1.165, 1.54) is 23.6 Å². The number of aromatic amines is 1. The Bertz CT molecular complexity index is 1380. The van der Waals surface area contributed by atoms with Gasteiger partial charge in [-0.1, -0.05) is 53.7 Å². The van der Waals surface area contributed by atoms with Crippen molar-refractivity contribution < 1.29 is 23.7 Å². The molecule has 1 aliphatic rings. The normalized spacial score (nSPS) is 14.2. The molecule has 182 valence electrons. The van der Waals surface area contributed by atoms with E-state index in [4.69, 9.17) is 9.47 Å².